The van der Waals surface area contributed by atoms with E-state index in [1.54, 1.807) is 0 Å². The standard InChI is InChI=1S/C63H41N5OSi/c1-4-21-44(22-5-1)70(45-23-6-2-7-24-45,46-25-8-3-9-26-46)47-27-18-20-42(40-47)61-64-62(52-32-19-37-59-60(52)51-31-13-17-36-58(51)69-59)66-63(65-61)68-56-35-16-12-30-50(56)53-41-43(38-39-57(53)68)67-54-33-14-10-28-48(54)49-29-11-15-34-55(49)67/h1-41H. The normalized spacial score (nSPS) is 12.0. The number of para-hydroxylation sites is 4. The van der Waals surface area contributed by atoms with Crippen LogP contribution in [0.3, 0.4) is 0 Å². The molecule has 0 saturated heterocycles. The number of fused-ring (bicyclic) bond motifs is 9. The lowest BCUT2D eigenvalue weighted by Crippen LogP contribution is -2.74. The molecule has 0 aliphatic rings. The maximum atomic E-state index is 6.45. The van der Waals surface area contributed by atoms with Gasteiger partial charge in [-0.05, 0) is 69.3 Å². The predicted octanol–water partition coefficient (Wildman–Crippen LogP) is 12.7. The summed E-state index contributed by atoms with van der Waals surface area (Å²) in [5.74, 6) is 1.67. The molecule has 14 rings (SSSR count). The minimum atomic E-state index is -2.89. The number of hydrogen-bond donors (Lipinski definition) is 0. The first-order chi connectivity index (χ1) is 34.7. The van der Waals surface area contributed by atoms with E-state index in [1.165, 1.54) is 42.6 Å². The van der Waals surface area contributed by atoms with Crippen molar-refractivity contribution in [3.8, 4) is 34.4 Å². The summed E-state index contributed by atoms with van der Waals surface area (Å²) in [6, 6.07) is 89.0. The van der Waals surface area contributed by atoms with Crippen molar-refractivity contribution in [1.29, 1.82) is 0 Å². The lowest BCUT2D eigenvalue weighted by atomic mass is 10.1. The molecule has 0 radical (unpaired) electrons. The second-order valence-electron chi connectivity index (χ2n) is 17.9. The maximum Gasteiger partial charge on any atom is 0.238 e. The molecule has 4 aromatic heterocycles. The van der Waals surface area contributed by atoms with Crippen LogP contribution in [0.2, 0.25) is 0 Å². The first-order valence-electron chi connectivity index (χ1n) is 23.7. The molecule has 0 fully saturated rings. The molecule has 0 bridgehead atoms. The van der Waals surface area contributed by atoms with Crippen LogP contribution < -0.4 is 20.7 Å². The molecule has 0 saturated carbocycles. The Bertz CT molecular complexity index is 4160. The minimum absolute atomic E-state index is 0.531. The average Bonchev–Trinajstić information content (AvgIpc) is 4.10. The van der Waals surface area contributed by atoms with Crippen molar-refractivity contribution in [3.05, 3.63) is 249 Å². The first kappa shape index (κ1) is 39.9. The molecule has 70 heavy (non-hydrogen) atoms. The lowest BCUT2D eigenvalue weighted by Gasteiger charge is -2.34. The monoisotopic (exact) mass is 911 g/mol. The third-order valence-corrected chi connectivity index (χ3v) is 18.9. The largest absolute Gasteiger partial charge is 0.456 e. The van der Waals surface area contributed by atoms with Gasteiger partial charge in [0.2, 0.25) is 5.95 Å². The molecule has 0 unspecified atom stereocenters. The van der Waals surface area contributed by atoms with Gasteiger partial charge < -0.3 is 8.98 Å². The van der Waals surface area contributed by atoms with Crippen molar-refractivity contribution in [2.45, 2.75) is 0 Å². The Kier molecular flexibility index (Phi) is 9.12. The highest BCUT2D eigenvalue weighted by Gasteiger charge is 2.41. The van der Waals surface area contributed by atoms with Gasteiger partial charge in [-0.1, -0.05) is 200 Å². The lowest BCUT2D eigenvalue weighted by molar-refractivity contribution is 0.669. The zero-order valence-electron chi connectivity index (χ0n) is 37.8. The summed E-state index contributed by atoms with van der Waals surface area (Å²) in [6.07, 6.45) is 0. The smallest absolute Gasteiger partial charge is 0.238 e. The van der Waals surface area contributed by atoms with E-state index in [0.717, 1.165) is 60.6 Å². The summed E-state index contributed by atoms with van der Waals surface area (Å²) in [6.45, 7) is 0. The van der Waals surface area contributed by atoms with Gasteiger partial charge in [0.1, 0.15) is 11.2 Å². The second kappa shape index (κ2) is 16.0. The molecule has 0 aliphatic carbocycles. The topological polar surface area (TPSA) is 61.7 Å². The van der Waals surface area contributed by atoms with Gasteiger partial charge in [0.05, 0.1) is 22.1 Å². The van der Waals surface area contributed by atoms with Crippen molar-refractivity contribution in [3.63, 3.8) is 0 Å². The van der Waals surface area contributed by atoms with Crippen molar-refractivity contribution in [2.75, 3.05) is 0 Å². The molecular formula is C63H41N5OSi. The highest BCUT2D eigenvalue weighted by Crippen LogP contribution is 2.39. The van der Waals surface area contributed by atoms with E-state index in [9.17, 15) is 0 Å². The van der Waals surface area contributed by atoms with Gasteiger partial charge in [-0.3, -0.25) is 4.57 Å². The number of benzene rings is 10. The van der Waals surface area contributed by atoms with Gasteiger partial charge in [-0.2, -0.15) is 9.97 Å². The SMILES string of the molecule is c1ccc([Si](c2ccccc2)(c2ccccc2)c2cccc(-c3nc(-c4cccc5oc6ccccc6c45)nc(-n4c5ccccc5c5cc(-n6c7ccccc7c7ccccc76)ccc54)n3)c2)cc1. The van der Waals surface area contributed by atoms with Crippen molar-refractivity contribution in [2.24, 2.45) is 0 Å². The van der Waals surface area contributed by atoms with Crippen LogP contribution in [0.4, 0.5) is 0 Å². The third kappa shape index (κ3) is 6.08. The minimum Gasteiger partial charge on any atom is -0.456 e. The van der Waals surface area contributed by atoms with Gasteiger partial charge >= 0.3 is 0 Å². The summed E-state index contributed by atoms with van der Waals surface area (Å²) in [7, 11) is -2.89. The molecule has 0 aliphatic heterocycles. The maximum absolute atomic E-state index is 6.45. The fourth-order valence-corrected chi connectivity index (χ4v) is 15.9. The van der Waals surface area contributed by atoms with Crippen LogP contribution in [0.5, 0.6) is 0 Å². The summed E-state index contributed by atoms with van der Waals surface area (Å²) in [4.78, 5) is 16.5. The average molecular weight is 912 g/mol. The molecule has 0 amide bonds. The van der Waals surface area contributed by atoms with Crippen LogP contribution in [0.25, 0.3) is 100.0 Å². The molecule has 328 valence electrons. The quantitative estimate of drug-likeness (QED) is 0.113. The van der Waals surface area contributed by atoms with Crippen LogP contribution in [0.1, 0.15) is 0 Å². The molecule has 4 heterocycles. The predicted molar refractivity (Wildman–Crippen MR) is 290 cm³/mol. The Balaban J connectivity index is 1.04. The van der Waals surface area contributed by atoms with E-state index in [0.29, 0.717) is 17.6 Å². The van der Waals surface area contributed by atoms with E-state index >= 15 is 0 Å². The fraction of sp³-hybridized carbons (Fsp3) is 0. The Morgan fingerprint density at radius 2 is 0.814 bits per heavy atom. The number of furan rings is 1. The second-order valence-corrected chi connectivity index (χ2v) is 21.7. The number of rotatable bonds is 8. The van der Waals surface area contributed by atoms with Crippen molar-refractivity contribution < 1.29 is 4.42 Å². The fourth-order valence-electron chi connectivity index (χ4n) is 11.1. The highest BCUT2D eigenvalue weighted by atomic mass is 28.3. The molecule has 0 spiro atoms. The highest BCUT2D eigenvalue weighted by molar-refractivity contribution is 7.19. The molecule has 14 aromatic rings. The molecule has 10 aromatic carbocycles. The molecule has 0 N–H and O–H groups in total. The van der Waals surface area contributed by atoms with Crippen LogP contribution in [0, 0.1) is 0 Å². The van der Waals surface area contributed by atoms with Crippen LogP contribution in [-0.4, -0.2) is 32.2 Å². The first-order valence-corrected chi connectivity index (χ1v) is 25.7. The van der Waals surface area contributed by atoms with E-state index in [4.69, 9.17) is 19.4 Å². The third-order valence-electron chi connectivity index (χ3n) is 14.1. The Labute approximate surface area is 404 Å². The Morgan fingerprint density at radius 1 is 0.329 bits per heavy atom. The zero-order valence-corrected chi connectivity index (χ0v) is 38.8. The van der Waals surface area contributed by atoms with Crippen molar-refractivity contribution >= 4 is 94.4 Å². The van der Waals surface area contributed by atoms with E-state index in [1.807, 2.05) is 24.3 Å². The molecule has 0 atom stereocenters. The number of aromatic nitrogens is 5. The van der Waals surface area contributed by atoms with Crippen molar-refractivity contribution in [1.82, 2.24) is 24.1 Å². The van der Waals surface area contributed by atoms with Crippen LogP contribution >= 0.6 is 0 Å². The Hall–Kier alpha value is -9.17. The summed E-state index contributed by atoms with van der Waals surface area (Å²) < 4.78 is 11.0. The summed E-state index contributed by atoms with van der Waals surface area (Å²) in [5.41, 5.74) is 8.80. The van der Waals surface area contributed by atoms with E-state index in [2.05, 4.69) is 234 Å². The number of hydrogen-bond acceptors (Lipinski definition) is 4. The van der Waals surface area contributed by atoms with E-state index in [-0.39, 0.29) is 0 Å². The van der Waals surface area contributed by atoms with Crippen LogP contribution in [0.15, 0.2) is 253 Å². The van der Waals surface area contributed by atoms with Gasteiger partial charge in [0.25, 0.3) is 0 Å². The molecule has 6 nitrogen and oxygen atoms in total. The molecular weight excluding hydrogens is 871 g/mol. The van der Waals surface area contributed by atoms with Gasteiger partial charge in [-0.25, -0.2) is 4.98 Å². The van der Waals surface area contributed by atoms with Gasteiger partial charge in [0.15, 0.2) is 19.7 Å². The summed E-state index contributed by atoms with van der Waals surface area (Å²) >= 11 is 0. The summed E-state index contributed by atoms with van der Waals surface area (Å²) in [5, 5.41) is 11.8. The van der Waals surface area contributed by atoms with Gasteiger partial charge in [-0.15, -0.1) is 0 Å². The molecule has 7 heteroatoms. The van der Waals surface area contributed by atoms with Gasteiger partial charge in [0, 0.05) is 49.1 Å². The zero-order chi connectivity index (χ0) is 46.2. The van der Waals surface area contributed by atoms with E-state index < -0.39 is 8.07 Å². The Morgan fingerprint density at radius 3 is 1.46 bits per heavy atom. The number of nitrogens with zero attached hydrogens (tertiary/aromatic N) is 5. The van der Waals surface area contributed by atoms with Crippen LogP contribution in [-0.2, 0) is 0 Å².